The molecule has 0 unspecified atom stereocenters. The van der Waals surface area contributed by atoms with Crippen molar-refractivity contribution in [1.29, 1.82) is 0 Å². The summed E-state index contributed by atoms with van der Waals surface area (Å²) in [5.74, 6) is -1.26. The minimum absolute atomic E-state index is 0.131. The van der Waals surface area contributed by atoms with Gasteiger partial charge in [-0.05, 0) is 22.0 Å². The molecule has 0 saturated carbocycles. The van der Waals surface area contributed by atoms with E-state index in [0.29, 0.717) is 0 Å². The minimum atomic E-state index is -5.11. The molecule has 0 bridgehead atoms. The van der Waals surface area contributed by atoms with Gasteiger partial charge in [-0.2, -0.15) is 0 Å². The number of ether oxygens (including phenoxy) is 1. The molecule has 1 heterocycles. The quantitative estimate of drug-likeness (QED) is 0.674. The number of nitrogens with two attached hydrogens (primary N) is 1. The van der Waals surface area contributed by atoms with Gasteiger partial charge < -0.3 is 10.5 Å². The van der Waals surface area contributed by atoms with E-state index in [2.05, 4.69) is 25.7 Å². The largest absolute Gasteiger partial charge is 0.574 e. The summed E-state index contributed by atoms with van der Waals surface area (Å²) in [6.45, 7) is 0. The van der Waals surface area contributed by atoms with Crippen LogP contribution in [0.3, 0.4) is 0 Å². The van der Waals surface area contributed by atoms with Crippen molar-refractivity contribution in [2.24, 2.45) is 0 Å². The Kier molecular flexibility index (Phi) is 3.56. The van der Waals surface area contributed by atoms with Gasteiger partial charge in [0.15, 0.2) is 0 Å². The van der Waals surface area contributed by atoms with Gasteiger partial charge in [0.2, 0.25) is 5.88 Å². The third kappa shape index (κ3) is 3.19. The number of hydrogen-bond donors (Lipinski definition) is 1. The van der Waals surface area contributed by atoms with Crippen molar-refractivity contribution in [2.75, 3.05) is 5.73 Å². The van der Waals surface area contributed by atoms with E-state index in [1.807, 2.05) is 0 Å². The predicted octanol–water partition coefficient (Wildman–Crippen LogP) is 3.26. The maximum Gasteiger partial charge on any atom is 0.574 e. The van der Waals surface area contributed by atoms with E-state index in [-0.39, 0.29) is 4.60 Å². The maximum absolute atomic E-state index is 12.4. The molecule has 0 aliphatic rings. The van der Waals surface area contributed by atoms with Gasteiger partial charge in [-0.1, -0.05) is 0 Å². The van der Waals surface area contributed by atoms with Crippen molar-refractivity contribution < 1.29 is 26.7 Å². The standard InChI is InChI=1S/C7H4BrF5N2O/c8-3-1-2(14)4(5(9)10)6(15-3)16-7(11,12)13/h1,5H,(H2,14,15). The number of hydrogen-bond acceptors (Lipinski definition) is 3. The van der Waals surface area contributed by atoms with Crippen molar-refractivity contribution in [3.8, 4) is 5.88 Å². The molecule has 0 aromatic carbocycles. The van der Waals surface area contributed by atoms with Crippen LogP contribution in [0.1, 0.15) is 12.0 Å². The molecule has 2 N–H and O–H groups in total. The van der Waals surface area contributed by atoms with Crippen molar-refractivity contribution in [1.82, 2.24) is 4.98 Å². The normalized spacial score (nSPS) is 11.9. The zero-order valence-corrected chi connectivity index (χ0v) is 8.94. The lowest BCUT2D eigenvalue weighted by Gasteiger charge is -2.13. The first-order chi connectivity index (χ1) is 7.20. The Labute approximate surface area is 94.5 Å². The summed E-state index contributed by atoms with van der Waals surface area (Å²) in [7, 11) is 0. The fraction of sp³-hybridized carbons (Fsp3) is 0.286. The lowest BCUT2D eigenvalue weighted by atomic mass is 10.2. The average Bonchev–Trinajstić information content (AvgIpc) is 1.96. The molecule has 0 aliphatic carbocycles. The molecule has 90 valence electrons. The summed E-state index contributed by atoms with van der Waals surface area (Å²) >= 11 is 2.72. The molecule has 0 amide bonds. The van der Waals surface area contributed by atoms with E-state index < -0.39 is 29.9 Å². The third-order valence-electron chi connectivity index (χ3n) is 1.45. The maximum atomic E-state index is 12.4. The second-order valence-electron chi connectivity index (χ2n) is 2.60. The van der Waals surface area contributed by atoms with Crippen molar-refractivity contribution in [2.45, 2.75) is 12.8 Å². The van der Waals surface area contributed by atoms with Crippen LogP contribution in [0.2, 0.25) is 0 Å². The number of nitrogen functional groups attached to an aromatic ring is 1. The van der Waals surface area contributed by atoms with Gasteiger partial charge in [-0.3, -0.25) is 0 Å². The first-order valence-electron chi connectivity index (χ1n) is 3.70. The Bertz CT molecular complexity index is 395. The molecule has 1 rings (SSSR count). The molecule has 0 fully saturated rings. The monoisotopic (exact) mass is 306 g/mol. The highest BCUT2D eigenvalue weighted by Crippen LogP contribution is 2.36. The van der Waals surface area contributed by atoms with Crippen LogP contribution in [0.15, 0.2) is 10.7 Å². The van der Waals surface area contributed by atoms with Crippen LogP contribution < -0.4 is 10.5 Å². The van der Waals surface area contributed by atoms with Gasteiger partial charge >= 0.3 is 6.36 Å². The van der Waals surface area contributed by atoms with Crippen molar-refractivity contribution in [3.63, 3.8) is 0 Å². The molecule has 9 heteroatoms. The Morgan fingerprint density at radius 1 is 1.38 bits per heavy atom. The second-order valence-corrected chi connectivity index (χ2v) is 3.41. The van der Waals surface area contributed by atoms with E-state index >= 15 is 0 Å². The number of rotatable bonds is 2. The fourth-order valence-corrected chi connectivity index (χ4v) is 1.33. The van der Waals surface area contributed by atoms with Crippen LogP contribution in [0.25, 0.3) is 0 Å². The number of halogens is 6. The highest BCUT2D eigenvalue weighted by Gasteiger charge is 2.35. The topological polar surface area (TPSA) is 48.1 Å². The van der Waals surface area contributed by atoms with Gasteiger partial charge in [-0.25, -0.2) is 13.8 Å². The van der Waals surface area contributed by atoms with Crippen molar-refractivity contribution in [3.05, 3.63) is 16.2 Å². The molecule has 16 heavy (non-hydrogen) atoms. The van der Waals surface area contributed by atoms with E-state index in [4.69, 9.17) is 5.73 Å². The van der Waals surface area contributed by atoms with Gasteiger partial charge in [0, 0.05) is 5.69 Å². The lowest BCUT2D eigenvalue weighted by Crippen LogP contribution is -2.19. The fourth-order valence-electron chi connectivity index (χ4n) is 0.926. The molecule has 1 aromatic heterocycles. The second kappa shape index (κ2) is 4.40. The summed E-state index contributed by atoms with van der Waals surface area (Å²) in [5.41, 5.74) is 3.53. The first kappa shape index (κ1) is 12.9. The SMILES string of the molecule is Nc1cc(Br)nc(OC(F)(F)F)c1C(F)F. The van der Waals surface area contributed by atoms with E-state index in [0.717, 1.165) is 6.07 Å². The molecule has 0 spiro atoms. The molecule has 0 radical (unpaired) electrons. The summed E-state index contributed by atoms with van der Waals surface area (Å²) in [5, 5.41) is 0. The van der Waals surface area contributed by atoms with Crippen molar-refractivity contribution >= 4 is 21.6 Å². The van der Waals surface area contributed by atoms with Crippen LogP contribution >= 0.6 is 15.9 Å². The van der Waals surface area contributed by atoms with Gasteiger partial charge in [-0.15, -0.1) is 13.2 Å². The van der Waals surface area contributed by atoms with Gasteiger partial charge in [0.25, 0.3) is 6.43 Å². The summed E-state index contributed by atoms with van der Waals surface area (Å²) in [6.07, 6.45) is -8.32. The van der Waals surface area contributed by atoms with Crippen LogP contribution in [0.4, 0.5) is 27.6 Å². The van der Waals surface area contributed by atoms with E-state index in [1.54, 1.807) is 0 Å². The number of pyridine rings is 1. The minimum Gasteiger partial charge on any atom is -0.398 e. The summed E-state index contributed by atoms with van der Waals surface area (Å²) < 4.78 is 63.7. The molecule has 0 aliphatic heterocycles. The van der Waals surface area contributed by atoms with Crippen LogP contribution in [-0.4, -0.2) is 11.3 Å². The first-order valence-corrected chi connectivity index (χ1v) is 4.50. The Morgan fingerprint density at radius 2 is 1.94 bits per heavy atom. The molecular formula is C7H4BrF5N2O. The molecule has 1 aromatic rings. The zero-order valence-electron chi connectivity index (χ0n) is 7.36. The van der Waals surface area contributed by atoms with E-state index in [1.165, 1.54) is 0 Å². The third-order valence-corrected chi connectivity index (χ3v) is 1.86. The number of aromatic nitrogens is 1. The Hall–Kier alpha value is -1.12. The molecule has 0 saturated heterocycles. The van der Waals surface area contributed by atoms with E-state index in [9.17, 15) is 22.0 Å². The highest BCUT2D eigenvalue weighted by atomic mass is 79.9. The average molecular weight is 307 g/mol. The van der Waals surface area contributed by atoms with Gasteiger partial charge in [0.05, 0.1) is 0 Å². The highest BCUT2D eigenvalue weighted by molar-refractivity contribution is 9.10. The summed E-state index contributed by atoms with van der Waals surface area (Å²) in [6, 6.07) is 0.963. The molecular weight excluding hydrogens is 303 g/mol. The zero-order chi connectivity index (χ0) is 12.5. The number of alkyl halides is 5. The predicted molar refractivity (Wildman–Crippen MR) is 48.0 cm³/mol. The number of nitrogens with zero attached hydrogens (tertiary/aromatic N) is 1. The van der Waals surface area contributed by atoms with Crippen LogP contribution in [0, 0.1) is 0 Å². The summed E-state index contributed by atoms with van der Waals surface area (Å²) in [4.78, 5) is 3.16. The molecule has 3 nitrogen and oxygen atoms in total. The van der Waals surface area contributed by atoms with Gasteiger partial charge in [0.1, 0.15) is 10.2 Å². The lowest BCUT2D eigenvalue weighted by molar-refractivity contribution is -0.276. The number of anilines is 1. The van der Waals surface area contributed by atoms with Crippen LogP contribution in [-0.2, 0) is 0 Å². The van der Waals surface area contributed by atoms with Crippen LogP contribution in [0.5, 0.6) is 5.88 Å². The molecule has 0 atom stereocenters. The smallest absolute Gasteiger partial charge is 0.398 e. The Balaban J connectivity index is 3.24. The Morgan fingerprint density at radius 3 is 2.38 bits per heavy atom.